The summed E-state index contributed by atoms with van der Waals surface area (Å²) in [4.78, 5) is 18.5. The molecular weight excluding hydrogens is 222 g/mol. The van der Waals surface area contributed by atoms with Gasteiger partial charge in [-0.2, -0.15) is 4.98 Å². The number of nitrogens with zero attached hydrogens (tertiary/aromatic N) is 2. The van der Waals surface area contributed by atoms with E-state index in [4.69, 9.17) is 9.84 Å². The molecule has 94 valence electrons. The van der Waals surface area contributed by atoms with Crippen molar-refractivity contribution in [2.75, 3.05) is 18.5 Å². The number of nitrogens with one attached hydrogen (secondary N) is 1. The Bertz CT molecular complexity index is 358. The molecule has 0 atom stereocenters. The van der Waals surface area contributed by atoms with E-state index in [9.17, 15) is 4.79 Å². The molecule has 0 aliphatic rings. The highest BCUT2D eigenvalue weighted by Crippen LogP contribution is 2.09. The summed E-state index contributed by atoms with van der Waals surface area (Å²) < 4.78 is 5.33. The van der Waals surface area contributed by atoms with Crippen LogP contribution < -0.4 is 10.1 Å². The number of anilines is 1. The molecule has 1 aromatic rings. The largest absolute Gasteiger partial charge is 0.481 e. The molecular formula is C11H17N3O3. The first-order valence-electron chi connectivity index (χ1n) is 5.63. The van der Waals surface area contributed by atoms with Gasteiger partial charge in [-0.25, -0.2) is 0 Å². The Labute approximate surface area is 100 Å². The quantitative estimate of drug-likeness (QED) is 0.669. The number of aliphatic carboxylic acids is 1. The Morgan fingerprint density at radius 2 is 2.35 bits per heavy atom. The van der Waals surface area contributed by atoms with Crippen molar-refractivity contribution < 1.29 is 14.6 Å². The van der Waals surface area contributed by atoms with Crippen molar-refractivity contribution >= 4 is 11.8 Å². The Kier molecular flexibility index (Phi) is 5.77. The second-order valence-corrected chi connectivity index (χ2v) is 3.52. The summed E-state index contributed by atoms with van der Waals surface area (Å²) >= 11 is 0. The van der Waals surface area contributed by atoms with Crippen LogP contribution in [0.15, 0.2) is 12.4 Å². The van der Waals surface area contributed by atoms with Crippen molar-refractivity contribution in [2.24, 2.45) is 0 Å². The first-order valence-corrected chi connectivity index (χ1v) is 5.63. The normalized spacial score (nSPS) is 9.94. The van der Waals surface area contributed by atoms with E-state index in [2.05, 4.69) is 15.3 Å². The first-order chi connectivity index (χ1) is 8.22. The molecule has 6 nitrogen and oxygen atoms in total. The number of hydrogen-bond acceptors (Lipinski definition) is 5. The summed E-state index contributed by atoms with van der Waals surface area (Å²) in [5.41, 5.74) is 0. The van der Waals surface area contributed by atoms with Gasteiger partial charge < -0.3 is 15.2 Å². The van der Waals surface area contributed by atoms with Crippen LogP contribution in [0.4, 0.5) is 5.82 Å². The van der Waals surface area contributed by atoms with Gasteiger partial charge in [-0.15, -0.1) is 0 Å². The average molecular weight is 239 g/mol. The molecule has 0 fully saturated rings. The van der Waals surface area contributed by atoms with Crippen LogP contribution in [0.5, 0.6) is 5.88 Å². The van der Waals surface area contributed by atoms with Crippen LogP contribution >= 0.6 is 0 Å². The highest BCUT2D eigenvalue weighted by Gasteiger charge is 2.00. The highest BCUT2D eigenvalue weighted by atomic mass is 16.5. The third-order valence-electron chi connectivity index (χ3n) is 1.94. The summed E-state index contributed by atoms with van der Waals surface area (Å²) in [7, 11) is 0. The van der Waals surface area contributed by atoms with Gasteiger partial charge >= 0.3 is 5.97 Å². The maximum Gasteiger partial charge on any atom is 0.303 e. The minimum atomic E-state index is -0.794. The smallest absolute Gasteiger partial charge is 0.303 e. The Morgan fingerprint density at radius 1 is 1.53 bits per heavy atom. The zero-order chi connectivity index (χ0) is 12.5. The van der Waals surface area contributed by atoms with Crippen molar-refractivity contribution in [2.45, 2.75) is 26.2 Å². The molecule has 0 unspecified atom stereocenters. The van der Waals surface area contributed by atoms with E-state index in [1.807, 2.05) is 6.92 Å². The molecule has 0 spiro atoms. The molecule has 6 heteroatoms. The molecule has 1 heterocycles. The molecule has 1 rings (SSSR count). The zero-order valence-corrected chi connectivity index (χ0v) is 9.85. The molecule has 1 aromatic heterocycles. The standard InChI is InChI=1S/C11H17N3O3/c1-2-6-17-10-8-12-7-9(14-10)13-5-3-4-11(15)16/h7-8H,2-6H2,1H3,(H,13,14)(H,15,16). The van der Waals surface area contributed by atoms with Crippen molar-refractivity contribution in [1.82, 2.24) is 9.97 Å². The lowest BCUT2D eigenvalue weighted by molar-refractivity contribution is -0.137. The molecule has 0 radical (unpaired) electrons. The fraction of sp³-hybridized carbons (Fsp3) is 0.545. The summed E-state index contributed by atoms with van der Waals surface area (Å²) in [5.74, 6) is 0.289. The van der Waals surface area contributed by atoms with Crippen LogP contribution in [0, 0.1) is 0 Å². The van der Waals surface area contributed by atoms with E-state index in [0.29, 0.717) is 31.3 Å². The lowest BCUT2D eigenvalue weighted by atomic mass is 10.3. The second-order valence-electron chi connectivity index (χ2n) is 3.52. The van der Waals surface area contributed by atoms with E-state index >= 15 is 0 Å². The van der Waals surface area contributed by atoms with Crippen LogP contribution in [0.25, 0.3) is 0 Å². The number of rotatable bonds is 8. The van der Waals surface area contributed by atoms with Gasteiger partial charge in [-0.05, 0) is 12.8 Å². The van der Waals surface area contributed by atoms with E-state index in [1.54, 1.807) is 12.4 Å². The maximum absolute atomic E-state index is 10.3. The van der Waals surface area contributed by atoms with E-state index in [1.165, 1.54) is 0 Å². The predicted molar refractivity (Wildman–Crippen MR) is 63.2 cm³/mol. The molecule has 0 bridgehead atoms. The lowest BCUT2D eigenvalue weighted by Crippen LogP contribution is -2.07. The fourth-order valence-electron chi connectivity index (χ4n) is 1.17. The molecule has 0 aliphatic heterocycles. The topological polar surface area (TPSA) is 84.3 Å². The molecule has 17 heavy (non-hydrogen) atoms. The third kappa shape index (κ3) is 5.70. The molecule has 2 N–H and O–H groups in total. The van der Waals surface area contributed by atoms with Crippen molar-refractivity contribution in [3.05, 3.63) is 12.4 Å². The molecule has 0 saturated heterocycles. The molecule has 0 saturated carbocycles. The van der Waals surface area contributed by atoms with Gasteiger partial charge in [-0.3, -0.25) is 9.78 Å². The van der Waals surface area contributed by atoms with Gasteiger partial charge in [0.2, 0.25) is 5.88 Å². The van der Waals surface area contributed by atoms with E-state index < -0.39 is 5.97 Å². The van der Waals surface area contributed by atoms with Gasteiger partial charge in [0.15, 0.2) is 0 Å². The van der Waals surface area contributed by atoms with Crippen LogP contribution in [0.3, 0.4) is 0 Å². The third-order valence-corrected chi connectivity index (χ3v) is 1.94. The van der Waals surface area contributed by atoms with Gasteiger partial charge in [0, 0.05) is 13.0 Å². The summed E-state index contributed by atoms with van der Waals surface area (Å²) in [6, 6.07) is 0. The number of carboxylic acids is 1. The number of hydrogen-bond donors (Lipinski definition) is 2. The van der Waals surface area contributed by atoms with Gasteiger partial charge in [-0.1, -0.05) is 6.92 Å². The maximum atomic E-state index is 10.3. The van der Waals surface area contributed by atoms with E-state index in [-0.39, 0.29) is 6.42 Å². The zero-order valence-electron chi connectivity index (χ0n) is 9.85. The van der Waals surface area contributed by atoms with Crippen LogP contribution in [0.1, 0.15) is 26.2 Å². The fourth-order valence-corrected chi connectivity index (χ4v) is 1.17. The van der Waals surface area contributed by atoms with Gasteiger partial charge in [0.05, 0.1) is 19.0 Å². The first kappa shape index (κ1) is 13.2. The molecule has 0 amide bonds. The number of carbonyl (C=O) groups is 1. The van der Waals surface area contributed by atoms with Gasteiger partial charge in [0.1, 0.15) is 5.82 Å². The summed E-state index contributed by atoms with van der Waals surface area (Å²) in [5, 5.41) is 11.5. The second kappa shape index (κ2) is 7.43. The van der Waals surface area contributed by atoms with Crippen LogP contribution in [-0.4, -0.2) is 34.2 Å². The van der Waals surface area contributed by atoms with Crippen LogP contribution in [0.2, 0.25) is 0 Å². The summed E-state index contributed by atoms with van der Waals surface area (Å²) in [6.45, 7) is 3.18. The Hall–Kier alpha value is -1.85. The van der Waals surface area contributed by atoms with Crippen molar-refractivity contribution in [3.63, 3.8) is 0 Å². The monoisotopic (exact) mass is 239 g/mol. The molecule has 0 aliphatic carbocycles. The number of aromatic nitrogens is 2. The van der Waals surface area contributed by atoms with Crippen molar-refractivity contribution in [3.8, 4) is 5.88 Å². The van der Waals surface area contributed by atoms with E-state index in [0.717, 1.165) is 6.42 Å². The number of carboxylic acid groups (broad SMARTS) is 1. The van der Waals surface area contributed by atoms with Gasteiger partial charge in [0.25, 0.3) is 0 Å². The van der Waals surface area contributed by atoms with Crippen LogP contribution in [-0.2, 0) is 4.79 Å². The Morgan fingerprint density at radius 3 is 3.06 bits per heavy atom. The minimum absolute atomic E-state index is 0.145. The highest BCUT2D eigenvalue weighted by molar-refractivity contribution is 5.66. The average Bonchev–Trinajstić information content (AvgIpc) is 2.32. The Balaban J connectivity index is 2.34. The SMILES string of the molecule is CCCOc1cncc(NCCCC(=O)O)n1. The number of ether oxygens (including phenoxy) is 1. The predicted octanol–water partition coefficient (Wildman–Crippen LogP) is 1.54. The van der Waals surface area contributed by atoms with Crippen molar-refractivity contribution in [1.29, 1.82) is 0 Å². The minimum Gasteiger partial charge on any atom is -0.481 e. The lowest BCUT2D eigenvalue weighted by Gasteiger charge is -2.06. The molecule has 0 aromatic carbocycles. The summed E-state index contributed by atoms with van der Waals surface area (Å²) in [6.07, 6.45) is 4.75.